The minimum atomic E-state index is -0.912. The summed E-state index contributed by atoms with van der Waals surface area (Å²) in [4.78, 5) is 14.4. The molecule has 130 valence electrons. The number of benzene rings is 2. The highest BCUT2D eigenvalue weighted by Gasteiger charge is 2.11. The summed E-state index contributed by atoms with van der Waals surface area (Å²) in [6.45, 7) is 4.30. The van der Waals surface area contributed by atoms with E-state index in [9.17, 15) is 4.79 Å². The molecule has 0 aliphatic carbocycles. The zero-order chi connectivity index (χ0) is 18.4. The maximum Gasteiger partial charge on any atom is 0.335 e. The zero-order valence-corrected chi connectivity index (χ0v) is 15.0. The van der Waals surface area contributed by atoms with Crippen LogP contribution in [-0.2, 0) is 7.05 Å². The first kappa shape index (κ1) is 16.2. The molecule has 0 radical (unpaired) electrons. The lowest BCUT2D eigenvalue weighted by molar-refractivity contribution is 0.0697. The van der Waals surface area contributed by atoms with Crippen molar-refractivity contribution in [2.24, 2.45) is 7.05 Å². The minimum absolute atomic E-state index is 0.293. The zero-order valence-electron chi connectivity index (χ0n) is 15.0. The van der Waals surface area contributed by atoms with Gasteiger partial charge in [0.1, 0.15) is 0 Å². The van der Waals surface area contributed by atoms with E-state index in [1.54, 1.807) is 12.1 Å². The topological polar surface area (TPSA) is 58.0 Å². The summed E-state index contributed by atoms with van der Waals surface area (Å²) in [5, 5.41) is 10.3. The van der Waals surface area contributed by atoms with Crippen molar-refractivity contribution in [2.45, 2.75) is 13.8 Å². The van der Waals surface area contributed by atoms with Crippen molar-refractivity contribution in [1.29, 1.82) is 0 Å². The van der Waals surface area contributed by atoms with E-state index < -0.39 is 5.97 Å². The minimum Gasteiger partial charge on any atom is -0.478 e. The smallest absolute Gasteiger partial charge is 0.335 e. The number of aromatic nitrogens is 2. The molecular weight excluding hydrogens is 324 g/mol. The molecule has 0 amide bonds. The number of carboxylic acids is 1. The summed E-state index contributed by atoms with van der Waals surface area (Å²) >= 11 is 0. The van der Waals surface area contributed by atoms with Crippen LogP contribution in [0.2, 0.25) is 0 Å². The molecule has 4 nitrogen and oxygen atoms in total. The average molecular weight is 344 g/mol. The highest BCUT2D eigenvalue weighted by atomic mass is 16.4. The van der Waals surface area contributed by atoms with Crippen molar-refractivity contribution in [1.82, 2.24) is 9.55 Å². The number of H-pyrrole nitrogens is 1. The number of hydrogen-bond donors (Lipinski definition) is 2. The molecule has 2 heterocycles. The Labute approximate surface area is 151 Å². The van der Waals surface area contributed by atoms with Gasteiger partial charge in [0.2, 0.25) is 0 Å². The molecule has 0 unspecified atom stereocenters. The molecule has 0 atom stereocenters. The number of aromatic carboxylic acids is 1. The molecule has 0 fully saturated rings. The Bertz CT molecular complexity index is 1130. The highest BCUT2D eigenvalue weighted by Crippen LogP contribution is 2.30. The lowest BCUT2D eigenvalue weighted by Crippen LogP contribution is -1.94. The number of aryl methyl sites for hydroxylation is 2. The normalized spacial score (nSPS) is 11.2. The van der Waals surface area contributed by atoms with E-state index >= 15 is 0 Å². The van der Waals surface area contributed by atoms with Crippen LogP contribution >= 0.6 is 0 Å². The molecule has 26 heavy (non-hydrogen) atoms. The molecule has 4 rings (SSSR count). The maximum absolute atomic E-state index is 11.0. The van der Waals surface area contributed by atoms with Crippen molar-refractivity contribution < 1.29 is 9.90 Å². The monoisotopic (exact) mass is 344 g/mol. The highest BCUT2D eigenvalue weighted by molar-refractivity contribution is 5.90. The van der Waals surface area contributed by atoms with Gasteiger partial charge in [-0.05, 0) is 66.9 Å². The molecule has 0 aliphatic rings. The molecule has 0 bridgehead atoms. The lowest BCUT2D eigenvalue weighted by Gasteiger charge is -2.03. The van der Waals surface area contributed by atoms with Gasteiger partial charge in [0.15, 0.2) is 0 Å². The third-order valence-electron chi connectivity index (χ3n) is 5.25. The number of rotatable bonds is 3. The van der Waals surface area contributed by atoms with E-state index in [0.717, 1.165) is 22.5 Å². The van der Waals surface area contributed by atoms with Crippen LogP contribution in [-0.4, -0.2) is 20.6 Å². The van der Waals surface area contributed by atoms with Gasteiger partial charge in [-0.2, -0.15) is 0 Å². The van der Waals surface area contributed by atoms with Crippen LogP contribution in [0.3, 0.4) is 0 Å². The number of carbonyl (C=O) groups is 1. The Morgan fingerprint density at radius 3 is 2.19 bits per heavy atom. The molecule has 0 aliphatic heterocycles. The Morgan fingerprint density at radius 2 is 1.54 bits per heavy atom. The second-order valence-electron chi connectivity index (χ2n) is 6.67. The van der Waals surface area contributed by atoms with Crippen LogP contribution in [0.5, 0.6) is 0 Å². The van der Waals surface area contributed by atoms with Crippen LogP contribution in [0.1, 0.15) is 21.6 Å². The van der Waals surface area contributed by atoms with Crippen LogP contribution in [0.15, 0.2) is 54.6 Å². The van der Waals surface area contributed by atoms with Gasteiger partial charge in [0.05, 0.1) is 5.56 Å². The molecule has 0 saturated carbocycles. The number of hydrogen-bond acceptors (Lipinski definition) is 1. The summed E-state index contributed by atoms with van der Waals surface area (Å²) in [6, 6.07) is 17.5. The van der Waals surface area contributed by atoms with Crippen LogP contribution in [0.25, 0.3) is 33.4 Å². The Hall–Kier alpha value is -3.27. The van der Waals surface area contributed by atoms with Crippen molar-refractivity contribution in [3.63, 3.8) is 0 Å². The number of nitrogens with zero attached hydrogens (tertiary/aromatic N) is 1. The lowest BCUT2D eigenvalue weighted by atomic mass is 10.1. The molecule has 2 aromatic heterocycles. The molecular formula is C22H20N2O2. The summed E-state index contributed by atoms with van der Waals surface area (Å²) < 4.78 is 2.22. The van der Waals surface area contributed by atoms with Gasteiger partial charge >= 0.3 is 5.97 Å². The predicted molar refractivity (Wildman–Crippen MR) is 105 cm³/mol. The van der Waals surface area contributed by atoms with E-state index in [4.69, 9.17) is 5.11 Å². The first-order valence-electron chi connectivity index (χ1n) is 8.54. The van der Waals surface area contributed by atoms with Gasteiger partial charge in [-0.25, -0.2) is 4.79 Å². The van der Waals surface area contributed by atoms with E-state index in [1.807, 2.05) is 18.2 Å². The van der Waals surface area contributed by atoms with Crippen molar-refractivity contribution in [3.05, 3.63) is 71.4 Å². The van der Waals surface area contributed by atoms with Crippen LogP contribution in [0, 0.1) is 13.8 Å². The SMILES string of the molecule is Cc1c(C)n(C)c2ccc(-c3ccc(-c4ccc(C(=O)O)cc4)[nH]3)cc12. The molecule has 2 aromatic carbocycles. The van der Waals surface area contributed by atoms with Gasteiger partial charge in [-0.1, -0.05) is 18.2 Å². The van der Waals surface area contributed by atoms with Crippen molar-refractivity contribution >= 4 is 16.9 Å². The molecule has 0 saturated heterocycles. The number of carboxylic acid groups (broad SMARTS) is 1. The number of nitrogens with one attached hydrogen (secondary N) is 1. The molecule has 0 spiro atoms. The quantitative estimate of drug-likeness (QED) is 0.539. The second kappa shape index (κ2) is 5.92. The van der Waals surface area contributed by atoms with E-state index in [0.29, 0.717) is 5.56 Å². The van der Waals surface area contributed by atoms with Gasteiger partial charge < -0.3 is 14.7 Å². The Kier molecular flexibility index (Phi) is 3.69. The van der Waals surface area contributed by atoms with E-state index in [2.05, 4.69) is 54.7 Å². The third kappa shape index (κ3) is 2.51. The fraction of sp³-hybridized carbons (Fsp3) is 0.136. The molecule has 4 heteroatoms. The number of fused-ring (bicyclic) bond motifs is 1. The van der Waals surface area contributed by atoms with Crippen LogP contribution in [0.4, 0.5) is 0 Å². The third-order valence-corrected chi connectivity index (χ3v) is 5.25. The standard InChI is InChI=1S/C22H20N2O2/c1-13-14(2)24(3)21-11-8-17(12-18(13)21)20-10-9-19(23-20)15-4-6-16(7-5-15)22(25)26/h4-12,23H,1-3H3,(H,25,26). The molecule has 4 aromatic rings. The second-order valence-corrected chi connectivity index (χ2v) is 6.67. The fourth-order valence-corrected chi connectivity index (χ4v) is 3.45. The van der Waals surface area contributed by atoms with E-state index in [-0.39, 0.29) is 0 Å². The summed E-state index contributed by atoms with van der Waals surface area (Å²) in [5.41, 5.74) is 8.24. The van der Waals surface area contributed by atoms with Gasteiger partial charge in [-0.3, -0.25) is 0 Å². The number of aromatic amines is 1. The van der Waals surface area contributed by atoms with E-state index in [1.165, 1.54) is 22.2 Å². The van der Waals surface area contributed by atoms with Gasteiger partial charge in [0, 0.05) is 35.0 Å². The Morgan fingerprint density at radius 1 is 0.923 bits per heavy atom. The molecule has 2 N–H and O–H groups in total. The average Bonchev–Trinajstić information content (AvgIpc) is 3.22. The van der Waals surface area contributed by atoms with Crippen molar-refractivity contribution in [2.75, 3.05) is 0 Å². The van der Waals surface area contributed by atoms with Gasteiger partial charge in [-0.15, -0.1) is 0 Å². The first-order valence-corrected chi connectivity index (χ1v) is 8.54. The van der Waals surface area contributed by atoms with Crippen molar-refractivity contribution in [3.8, 4) is 22.5 Å². The Balaban J connectivity index is 1.73. The summed E-state index contributed by atoms with van der Waals surface area (Å²) in [6.07, 6.45) is 0. The first-order chi connectivity index (χ1) is 12.5. The largest absolute Gasteiger partial charge is 0.478 e. The maximum atomic E-state index is 11.0. The van der Waals surface area contributed by atoms with Crippen LogP contribution < -0.4 is 0 Å². The summed E-state index contributed by atoms with van der Waals surface area (Å²) in [7, 11) is 2.10. The predicted octanol–water partition coefficient (Wildman–Crippen LogP) is 5.16. The fourth-order valence-electron chi connectivity index (χ4n) is 3.45. The van der Waals surface area contributed by atoms with Gasteiger partial charge in [0.25, 0.3) is 0 Å². The summed E-state index contributed by atoms with van der Waals surface area (Å²) in [5.74, 6) is -0.912.